The van der Waals surface area contributed by atoms with Gasteiger partial charge in [0, 0.05) is 17.7 Å². The fraction of sp³-hybridized carbons (Fsp3) is 0.417. The topological polar surface area (TPSA) is 72.7 Å². The summed E-state index contributed by atoms with van der Waals surface area (Å²) in [6, 6.07) is 4.51. The number of anilines is 1. The minimum absolute atomic E-state index is 0.0382. The molecule has 18 heavy (non-hydrogen) atoms. The number of nitro benzene ring substituents is 1. The maximum Gasteiger partial charge on any atom is 0.414 e. The maximum absolute atomic E-state index is 11.8. The highest BCUT2D eigenvalue weighted by molar-refractivity contribution is 5.92. The van der Waals surface area contributed by atoms with Crippen molar-refractivity contribution in [3.63, 3.8) is 0 Å². The third-order valence-electron chi connectivity index (χ3n) is 3.10. The van der Waals surface area contributed by atoms with Crippen molar-refractivity contribution in [3.05, 3.63) is 33.9 Å². The SMILES string of the molecule is COC(=O)N1c2ccc([N+](=O)[O-])cc2CC1(C)C. The van der Waals surface area contributed by atoms with Crippen LogP contribution < -0.4 is 4.90 Å². The van der Waals surface area contributed by atoms with E-state index in [9.17, 15) is 14.9 Å². The van der Waals surface area contributed by atoms with Crippen molar-refractivity contribution in [1.29, 1.82) is 0 Å². The molecule has 6 nitrogen and oxygen atoms in total. The molecule has 1 aliphatic rings. The number of non-ortho nitro benzene ring substituents is 1. The number of rotatable bonds is 1. The van der Waals surface area contributed by atoms with E-state index in [-0.39, 0.29) is 5.69 Å². The summed E-state index contributed by atoms with van der Waals surface area (Å²) in [5.41, 5.74) is 1.07. The Morgan fingerprint density at radius 3 is 2.72 bits per heavy atom. The first-order chi connectivity index (χ1) is 8.36. The fourth-order valence-corrected chi connectivity index (χ4v) is 2.35. The summed E-state index contributed by atoms with van der Waals surface area (Å²) in [6.07, 6.45) is 0.117. The molecule has 0 radical (unpaired) electrons. The van der Waals surface area contributed by atoms with Crippen LogP contribution in [0.15, 0.2) is 18.2 Å². The quantitative estimate of drug-likeness (QED) is 0.567. The molecule has 0 spiro atoms. The molecule has 0 saturated heterocycles. The van der Waals surface area contributed by atoms with E-state index in [2.05, 4.69) is 0 Å². The number of amides is 1. The molecule has 1 amide bonds. The summed E-state index contributed by atoms with van der Waals surface area (Å²) < 4.78 is 4.76. The molecule has 6 heteroatoms. The minimum atomic E-state index is -0.451. The Labute approximate surface area is 104 Å². The molecule has 1 aliphatic heterocycles. The Morgan fingerprint density at radius 1 is 1.50 bits per heavy atom. The second-order valence-electron chi connectivity index (χ2n) is 4.86. The number of ether oxygens (including phenoxy) is 1. The van der Waals surface area contributed by atoms with Crippen molar-refractivity contribution in [2.24, 2.45) is 0 Å². The van der Waals surface area contributed by atoms with Gasteiger partial charge in [0.25, 0.3) is 5.69 Å². The molecule has 1 aromatic carbocycles. The van der Waals surface area contributed by atoms with E-state index in [0.29, 0.717) is 12.1 Å². The van der Waals surface area contributed by atoms with Gasteiger partial charge >= 0.3 is 6.09 Å². The largest absolute Gasteiger partial charge is 0.452 e. The van der Waals surface area contributed by atoms with Gasteiger partial charge in [0.1, 0.15) is 0 Å². The molecule has 1 aromatic rings. The lowest BCUT2D eigenvalue weighted by Crippen LogP contribution is -2.45. The predicted octanol–water partition coefficient (Wildman–Crippen LogP) is 2.50. The lowest BCUT2D eigenvalue weighted by atomic mass is 9.99. The summed E-state index contributed by atoms with van der Waals surface area (Å²) in [5.74, 6) is 0. The number of nitrogens with zero attached hydrogens (tertiary/aromatic N) is 2. The number of carbonyl (C=O) groups is 1. The van der Waals surface area contributed by atoms with Crippen molar-refractivity contribution >= 4 is 17.5 Å². The van der Waals surface area contributed by atoms with Gasteiger partial charge in [0.2, 0.25) is 0 Å². The average molecular weight is 250 g/mol. The number of carbonyl (C=O) groups excluding carboxylic acids is 1. The molecule has 0 N–H and O–H groups in total. The first-order valence-electron chi connectivity index (χ1n) is 5.52. The molecule has 96 valence electrons. The third kappa shape index (κ3) is 1.79. The second kappa shape index (κ2) is 3.97. The van der Waals surface area contributed by atoms with Crippen LogP contribution in [-0.2, 0) is 11.2 Å². The van der Waals surface area contributed by atoms with Gasteiger partial charge in [-0.2, -0.15) is 0 Å². The summed E-state index contributed by atoms with van der Waals surface area (Å²) in [5, 5.41) is 10.7. The number of benzene rings is 1. The Kier molecular flexibility index (Phi) is 2.73. The molecular formula is C12H14N2O4. The van der Waals surface area contributed by atoms with Crippen LogP contribution in [0.5, 0.6) is 0 Å². The second-order valence-corrected chi connectivity index (χ2v) is 4.86. The van der Waals surface area contributed by atoms with Crippen molar-refractivity contribution in [2.45, 2.75) is 25.8 Å². The van der Waals surface area contributed by atoms with Crippen LogP contribution in [0.3, 0.4) is 0 Å². The molecule has 1 heterocycles. The lowest BCUT2D eigenvalue weighted by molar-refractivity contribution is -0.384. The Morgan fingerprint density at radius 2 is 2.17 bits per heavy atom. The first kappa shape index (κ1) is 12.3. The number of fused-ring (bicyclic) bond motifs is 1. The van der Waals surface area contributed by atoms with Crippen molar-refractivity contribution < 1.29 is 14.5 Å². The molecule has 0 saturated carbocycles. The van der Waals surface area contributed by atoms with Crippen LogP contribution in [-0.4, -0.2) is 23.7 Å². The minimum Gasteiger partial charge on any atom is -0.452 e. The van der Waals surface area contributed by atoms with Gasteiger partial charge in [0.15, 0.2) is 0 Å². The number of methoxy groups -OCH3 is 1. The highest BCUT2D eigenvalue weighted by Gasteiger charge is 2.41. The zero-order valence-corrected chi connectivity index (χ0v) is 10.5. The van der Waals surface area contributed by atoms with E-state index in [1.165, 1.54) is 24.1 Å². The summed E-state index contributed by atoms with van der Waals surface area (Å²) >= 11 is 0. The van der Waals surface area contributed by atoms with E-state index in [4.69, 9.17) is 4.74 Å². The van der Waals surface area contributed by atoms with Crippen LogP contribution in [0.2, 0.25) is 0 Å². The van der Waals surface area contributed by atoms with Crippen molar-refractivity contribution in [3.8, 4) is 0 Å². The fourth-order valence-electron chi connectivity index (χ4n) is 2.35. The predicted molar refractivity (Wildman–Crippen MR) is 65.8 cm³/mol. The Hall–Kier alpha value is -2.11. The number of hydrogen-bond donors (Lipinski definition) is 0. The Balaban J connectivity index is 2.49. The van der Waals surface area contributed by atoms with Gasteiger partial charge in [-0.1, -0.05) is 0 Å². The summed E-state index contributed by atoms with van der Waals surface area (Å²) in [4.78, 5) is 23.6. The normalized spacial score (nSPS) is 16.3. The number of hydrogen-bond acceptors (Lipinski definition) is 4. The van der Waals surface area contributed by atoms with Crippen molar-refractivity contribution in [2.75, 3.05) is 12.0 Å². The maximum atomic E-state index is 11.8. The van der Waals surface area contributed by atoms with E-state index < -0.39 is 16.6 Å². The van der Waals surface area contributed by atoms with Crippen molar-refractivity contribution in [1.82, 2.24) is 0 Å². The summed E-state index contributed by atoms with van der Waals surface area (Å²) in [6.45, 7) is 3.80. The van der Waals surface area contributed by atoms with Gasteiger partial charge < -0.3 is 4.74 Å². The van der Waals surface area contributed by atoms with Crippen LogP contribution >= 0.6 is 0 Å². The number of nitro groups is 1. The van der Waals surface area contributed by atoms with Gasteiger partial charge in [0.05, 0.1) is 17.7 Å². The van der Waals surface area contributed by atoms with E-state index in [0.717, 1.165) is 5.56 Å². The smallest absolute Gasteiger partial charge is 0.414 e. The zero-order chi connectivity index (χ0) is 13.5. The van der Waals surface area contributed by atoms with Crippen LogP contribution in [0.25, 0.3) is 0 Å². The highest BCUT2D eigenvalue weighted by atomic mass is 16.6. The van der Waals surface area contributed by atoms with Crippen LogP contribution in [0, 0.1) is 10.1 Å². The zero-order valence-electron chi connectivity index (χ0n) is 10.5. The lowest BCUT2D eigenvalue weighted by Gasteiger charge is -2.30. The van der Waals surface area contributed by atoms with Gasteiger partial charge in [-0.3, -0.25) is 15.0 Å². The first-order valence-corrected chi connectivity index (χ1v) is 5.52. The standard InChI is InChI=1S/C12H14N2O4/c1-12(2)7-8-6-9(14(16)17)4-5-10(8)13(12)11(15)18-3/h4-6H,7H2,1-3H3. The molecule has 0 bridgehead atoms. The third-order valence-corrected chi connectivity index (χ3v) is 3.10. The summed E-state index contributed by atoms with van der Waals surface area (Å²) in [7, 11) is 1.32. The van der Waals surface area contributed by atoms with Gasteiger partial charge in [-0.25, -0.2) is 4.79 Å². The molecular weight excluding hydrogens is 236 g/mol. The van der Waals surface area contributed by atoms with Crippen LogP contribution in [0.1, 0.15) is 19.4 Å². The highest BCUT2D eigenvalue weighted by Crippen LogP contribution is 2.40. The van der Waals surface area contributed by atoms with E-state index >= 15 is 0 Å². The Bertz CT molecular complexity index is 525. The molecule has 0 atom stereocenters. The van der Waals surface area contributed by atoms with Crippen LogP contribution in [0.4, 0.5) is 16.2 Å². The molecule has 0 aromatic heterocycles. The van der Waals surface area contributed by atoms with E-state index in [1.54, 1.807) is 6.07 Å². The van der Waals surface area contributed by atoms with Gasteiger partial charge in [-0.15, -0.1) is 0 Å². The van der Waals surface area contributed by atoms with E-state index in [1.807, 2.05) is 13.8 Å². The van der Waals surface area contributed by atoms with Gasteiger partial charge in [-0.05, 0) is 31.9 Å². The molecule has 2 rings (SSSR count). The average Bonchev–Trinajstić information content (AvgIpc) is 2.56. The molecule has 0 aliphatic carbocycles. The molecule has 0 fully saturated rings. The monoisotopic (exact) mass is 250 g/mol. The molecule has 0 unspecified atom stereocenters.